The van der Waals surface area contributed by atoms with E-state index in [0.717, 1.165) is 5.69 Å². The van der Waals surface area contributed by atoms with Crippen LogP contribution < -0.4 is 5.32 Å². The van der Waals surface area contributed by atoms with Crippen molar-refractivity contribution >= 4 is 0 Å². The lowest BCUT2D eigenvalue weighted by Gasteiger charge is -1.98. The molecule has 0 radical (unpaired) electrons. The van der Waals surface area contributed by atoms with Crippen LogP contribution in [0, 0.1) is 5.82 Å². The van der Waals surface area contributed by atoms with Crippen molar-refractivity contribution in [3.05, 3.63) is 42.0 Å². The number of hydrogen-bond acceptors (Lipinski definition) is 3. The Morgan fingerprint density at radius 3 is 3.07 bits per heavy atom. The molecule has 0 aliphatic carbocycles. The van der Waals surface area contributed by atoms with Crippen molar-refractivity contribution in [1.82, 2.24) is 20.3 Å². The number of benzene rings is 1. The van der Waals surface area contributed by atoms with E-state index in [0.29, 0.717) is 12.2 Å². The molecule has 5 heteroatoms. The normalized spacial score (nSPS) is 10.5. The van der Waals surface area contributed by atoms with Crippen molar-refractivity contribution in [3.63, 3.8) is 0 Å². The smallest absolute Gasteiger partial charge is 0.125 e. The number of rotatable bonds is 3. The molecule has 0 spiro atoms. The van der Waals surface area contributed by atoms with Crippen molar-refractivity contribution in [2.24, 2.45) is 0 Å². The van der Waals surface area contributed by atoms with Gasteiger partial charge in [-0.05, 0) is 19.2 Å². The van der Waals surface area contributed by atoms with Gasteiger partial charge in [0.05, 0.1) is 17.6 Å². The van der Waals surface area contributed by atoms with Gasteiger partial charge in [0.15, 0.2) is 0 Å². The number of hydrogen-bond donors (Lipinski definition) is 1. The summed E-state index contributed by atoms with van der Waals surface area (Å²) in [5.41, 5.74) is 1.44. The molecule has 4 nitrogen and oxygen atoms in total. The molecule has 0 amide bonds. The van der Waals surface area contributed by atoms with Gasteiger partial charge in [0, 0.05) is 12.6 Å². The molecule has 0 atom stereocenters. The van der Waals surface area contributed by atoms with Crippen molar-refractivity contribution in [1.29, 1.82) is 0 Å². The predicted molar refractivity (Wildman–Crippen MR) is 54.1 cm³/mol. The number of halogens is 1. The lowest BCUT2D eigenvalue weighted by atomic mass is 10.3. The lowest BCUT2D eigenvalue weighted by Crippen LogP contribution is -2.06. The van der Waals surface area contributed by atoms with Gasteiger partial charge in [-0.3, -0.25) is 0 Å². The van der Waals surface area contributed by atoms with Gasteiger partial charge in [0.2, 0.25) is 0 Å². The Bertz CT molecular complexity index is 452. The quantitative estimate of drug-likeness (QED) is 0.818. The summed E-state index contributed by atoms with van der Waals surface area (Å²) in [7, 11) is 1.83. The molecule has 0 saturated carbocycles. The zero-order valence-electron chi connectivity index (χ0n) is 8.31. The molecule has 1 N–H and O–H groups in total. The first kappa shape index (κ1) is 9.79. The second-order valence-corrected chi connectivity index (χ2v) is 3.14. The Labute approximate surface area is 86.7 Å². The Balaban J connectivity index is 2.29. The van der Waals surface area contributed by atoms with Gasteiger partial charge in [-0.1, -0.05) is 6.07 Å². The Hall–Kier alpha value is -1.75. The van der Waals surface area contributed by atoms with E-state index in [2.05, 4.69) is 15.5 Å². The van der Waals surface area contributed by atoms with Gasteiger partial charge < -0.3 is 5.32 Å². The largest absolute Gasteiger partial charge is 0.314 e. The van der Waals surface area contributed by atoms with Gasteiger partial charge in [-0.25, -0.2) is 4.39 Å². The van der Waals surface area contributed by atoms with Crippen molar-refractivity contribution in [2.45, 2.75) is 6.54 Å². The molecule has 1 aromatic heterocycles. The highest BCUT2D eigenvalue weighted by atomic mass is 19.1. The standard InChI is InChI=1S/C10H11FN4/c1-12-6-9-7-13-15(14-9)10-4-2-3-8(11)5-10/h2-5,7,12H,6H2,1H3. The molecule has 2 aromatic rings. The summed E-state index contributed by atoms with van der Waals surface area (Å²) in [4.78, 5) is 1.41. The van der Waals surface area contributed by atoms with Crippen LogP contribution in [0.2, 0.25) is 0 Å². The van der Waals surface area contributed by atoms with Crippen LogP contribution in [0.5, 0.6) is 0 Å². The summed E-state index contributed by atoms with van der Waals surface area (Å²) in [6.07, 6.45) is 1.65. The molecule has 1 heterocycles. The monoisotopic (exact) mass is 206 g/mol. The zero-order chi connectivity index (χ0) is 10.7. The molecule has 0 unspecified atom stereocenters. The van der Waals surface area contributed by atoms with Crippen LogP contribution in [-0.2, 0) is 6.54 Å². The lowest BCUT2D eigenvalue weighted by molar-refractivity contribution is 0.621. The highest BCUT2D eigenvalue weighted by molar-refractivity contribution is 5.29. The molecule has 0 aliphatic rings. The maximum atomic E-state index is 12.9. The van der Waals surface area contributed by atoms with Crippen LogP contribution >= 0.6 is 0 Å². The third kappa shape index (κ3) is 2.19. The van der Waals surface area contributed by atoms with Crippen LogP contribution in [0.15, 0.2) is 30.5 Å². The molecule has 15 heavy (non-hydrogen) atoms. The molecule has 0 saturated heterocycles. The van der Waals surface area contributed by atoms with Crippen molar-refractivity contribution in [3.8, 4) is 5.69 Å². The van der Waals surface area contributed by atoms with E-state index in [4.69, 9.17) is 0 Å². The second-order valence-electron chi connectivity index (χ2n) is 3.14. The summed E-state index contributed by atoms with van der Waals surface area (Å²) in [6, 6.07) is 6.17. The average molecular weight is 206 g/mol. The van der Waals surface area contributed by atoms with Crippen molar-refractivity contribution in [2.75, 3.05) is 7.05 Å². The second kappa shape index (κ2) is 4.18. The average Bonchev–Trinajstić information content (AvgIpc) is 2.67. The van der Waals surface area contributed by atoms with Gasteiger partial charge in [-0.2, -0.15) is 15.0 Å². The van der Waals surface area contributed by atoms with Gasteiger partial charge >= 0.3 is 0 Å². The van der Waals surface area contributed by atoms with E-state index in [-0.39, 0.29) is 5.82 Å². The fourth-order valence-electron chi connectivity index (χ4n) is 1.28. The number of nitrogens with zero attached hydrogens (tertiary/aromatic N) is 3. The summed E-state index contributed by atoms with van der Waals surface area (Å²) >= 11 is 0. The van der Waals surface area contributed by atoms with E-state index >= 15 is 0 Å². The van der Waals surface area contributed by atoms with Crippen LogP contribution in [0.3, 0.4) is 0 Å². The van der Waals surface area contributed by atoms with E-state index in [1.807, 2.05) is 7.05 Å². The van der Waals surface area contributed by atoms with Crippen LogP contribution in [0.1, 0.15) is 5.69 Å². The predicted octanol–water partition coefficient (Wildman–Crippen LogP) is 1.13. The van der Waals surface area contributed by atoms with E-state index < -0.39 is 0 Å². The fraction of sp³-hybridized carbons (Fsp3) is 0.200. The van der Waals surface area contributed by atoms with Crippen LogP contribution in [-0.4, -0.2) is 22.0 Å². The maximum absolute atomic E-state index is 12.9. The summed E-state index contributed by atoms with van der Waals surface area (Å²) < 4.78 is 12.9. The molecule has 0 fully saturated rings. The van der Waals surface area contributed by atoms with Crippen molar-refractivity contribution < 1.29 is 4.39 Å². The Kier molecular flexibility index (Phi) is 2.73. The molecule has 78 valence electrons. The Morgan fingerprint density at radius 1 is 1.47 bits per heavy atom. The minimum absolute atomic E-state index is 0.292. The topological polar surface area (TPSA) is 42.7 Å². The first-order valence-electron chi connectivity index (χ1n) is 4.61. The molecule has 0 aliphatic heterocycles. The minimum Gasteiger partial charge on any atom is -0.314 e. The van der Waals surface area contributed by atoms with E-state index in [1.165, 1.54) is 16.9 Å². The maximum Gasteiger partial charge on any atom is 0.125 e. The Morgan fingerprint density at radius 2 is 2.33 bits per heavy atom. The highest BCUT2D eigenvalue weighted by Crippen LogP contribution is 2.07. The fourth-order valence-corrected chi connectivity index (χ4v) is 1.28. The van der Waals surface area contributed by atoms with Gasteiger partial charge in [-0.15, -0.1) is 0 Å². The zero-order valence-corrected chi connectivity index (χ0v) is 8.31. The number of aromatic nitrogens is 3. The molecular formula is C10H11FN4. The molecular weight excluding hydrogens is 195 g/mol. The summed E-state index contributed by atoms with van der Waals surface area (Å²) in [5, 5.41) is 11.2. The minimum atomic E-state index is -0.292. The first-order chi connectivity index (χ1) is 7.29. The van der Waals surface area contributed by atoms with Gasteiger partial charge in [0.1, 0.15) is 5.82 Å². The number of nitrogens with one attached hydrogen (secondary N) is 1. The third-order valence-electron chi connectivity index (χ3n) is 1.94. The summed E-state index contributed by atoms with van der Waals surface area (Å²) in [6.45, 7) is 0.648. The molecule has 2 rings (SSSR count). The molecule has 1 aromatic carbocycles. The first-order valence-corrected chi connectivity index (χ1v) is 4.61. The van der Waals surface area contributed by atoms with E-state index in [1.54, 1.807) is 18.3 Å². The summed E-state index contributed by atoms with van der Waals surface area (Å²) in [5.74, 6) is -0.292. The SMILES string of the molecule is CNCc1cnn(-c2cccc(F)c2)n1. The van der Waals surface area contributed by atoms with Crippen LogP contribution in [0.4, 0.5) is 4.39 Å². The van der Waals surface area contributed by atoms with Gasteiger partial charge in [0.25, 0.3) is 0 Å². The molecule has 0 bridgehead atoms. The van der Waals surface area contributed by atoms with E-state index in [9.17, 15) is 4.39 Å². The third-order valence-corrected chi connectivity index (χ3v) is 1.94. The van der Waals surface area contributed by atoms with Crippen LogP contribution in [0.25, 0.3) is 5.69 Å². The highest BCUT2D eigenvalue weighted by Gasteiger charge is 2.02.